The molecule has 1 atom stereocenters. The fraction of sp³-hybridized carbons (Fsp3) is 0.400. The Morgan fingerprint density at radius 2 is 2.11 bits per heavy atom. The monoisotopic (exact) mass is 242 g/mol. The van der Waals surface area contributed by atoms with Gasteiger partial charge in [0.05, 0.1) is 0 Å². The van der Waals surface area contributed by atoms with Crippen molar-refractivity contribution in [1.82, 2.24) is 5.16 Å². The van der Waals surface area contributed by atoms with Crippen molar-refractivity contribution in [3.8, 4) is 0 Å². The lowest BCUT2D eigenvalue weighted by Gasteiger charge is -2.25. The third-order valence-corrected chi connectivity index (χ3v) is 3.76. The molecule has 1 aromatic carbocycles. The van der Waals surface area contributed by atoms with Crippen molar-refractivity contribution in [1.29, 1.82) is 0 Å². The highest BCUT2D eigenvalue weighted by molar-refractivity contribution is 5.52. The molecule has 1 aromatic heterocycles. The van der Waals surface area contributed by atoms with Crippen LogP contribution in [0.15, 0.2) is 35.1 Å². The second-order valence-corrected chi connectivity index (χ2v) is 5.12. The standard InChI is InChI=1S/C15H18N2O/c1-17(2)14-10-18-16-15(14)13-9-5-7-11-6-3-4-8-12(11)13/h3-4,6,8,10,13H,5,7,9H2,1-2H3. The largest absolute Gasteiger partial charge is 0.373 e. The van der Waals surface area contributed by atoms with Crippen LogP contribution in [0.5, 0.6) is 0 Å². The first kappa shape index (κ1) is 11.3. The normalized spacial score (nSPS) is 18.4. The molecule has 2 aromatic rings. The van der Waals surface area contributed by atoms with Gasteiger partial charge in [-0.15, -0.1) is 0 Å². The topological polar surface area (TPSA) is 29.3 Å². The molecule has 0 radical (unpaired) electrons. The van der Waals surface area contributed by atoms with E-state index in [1.54, 1.807) is 6.26 Å². The van der Waals surface area contributed by atoms with Crippen molar-refractivity contribution in [2.24, 2.45) is 0 Å². The predicted molar refractivity (Wildman–Crippen MR) is 72.1 cm³/mol. The van der Waals surface area contributed by atoms with Gasteiger partial charge in [0.1, 0.15) is 17.6 Å². The first-order valence-electron chi connectivity index (χ1n) is 6.47. The molecule has 0 aliphatic heterocycles. The lowest BCUT2D eigenvalue weighted by molar-refractivity contribution is 0.404. The predicted octanol–water partition coefficient (Wildman–Crippen LogP) is 3.21. The van der Waals surface area contributed by atoms with Gasteiger partial charge in [-0.2, -0.15) is 0 Å². The second-order valence-electron chi connectivity index (χ2n) is 5.12. The molecule has 0 fully saturated rings. The summed E-state index contributed by atoms with van der Waals surface area (Å²) in [6.07, 6.45) is 5.31. The van der Waals surface area contributed by atoms with Crippen molar-refractivity contribution in [3.05, 3.63) is 47.3 Å². The number of benzene rings is 1. The molecule has 1 aliphatic rings. The molecule has 0 bridgehead atoms. The van der Waals surface area contributed by atoms with Crippen molar-refractivity contribution in [2.45, 2.75) is 25.2 Å². The van der Waals surface area contributed by atoms with Gasteiger partial charge in [0.2, 0.25) is 0 Å². The molecular formula is C15H18N2O. The van der Waals surface area contributed by atoms with Gasteiger partial charge in [-0.1, -0.05) is 29.4 Å². The van der Waals surface area contributed by atoms with E-state index in [1.165, 1.54) is 24.0 Å². The Balaban J connectivity index is 2.06. The van der Waals surface area contributed by atoms with E-state index in [4.69, 9.17) is 4.52 Å². The molecule has 0 saturated carbocycles. The van der Waals surface area contributed by atoms with Gasteiger partial charge in [0.15, 0.2) is 0 Å². The number of hydrogen-bond donors (Lipinski definition) is 0. The smallest absolute Gasteiger partial charge is 0.147 e. The van der Waals surface area contributed by atoms with Crippen LogP contribution in [0.1, 0.15) is 35.6 Å². The SMILES string of the molecule is CN(C)c1conc1C1CCCc2ccccc21. The Kier molecular flexibility index (Phi) is 2.82. The van der Waals surface area contributed by atoms with Crippen LogP contribution in [0.25, 0.3) is 0 Å². The molecule has 0 amide bonds. The van der Waals surface area contributed by atoms with Gasteiger partial charge in [-0.05, 0) is 30.4 Å². The first-order valence-corrected chi connectivity index (χ1v) is 6.47. The van der Waals surface area contributed by atoms with Crippen molar-refractivity contribution in [3.63, 3.8) is 0 Å². The fourth-order valence-electron chi connectivity index (χ4n) is 2.85. The average Bonchev–Trinajstić information content (AvgIpc) is 2.87. The number of aryl methyl sites for hydroxylation is 1. The average molecular weight is 242 g/mol. The van der Waals surface area contributed by atoms with Gasteiger partial charge in [-0.25, -0.2) is 0 Å². The zero-order chi connectivity index (χ0) is 12.5. The van der Waals surface area contributed by atoms with Crippen LogP contribution in [-0.4, -0.2) is 19.3 Å². The van der Waals surface area contributed by atoms with Crippen LogP contribution in [-0.2, 0) is 6.42 Å². The van der Waals surface area contributed by atoms with E-state index in [-0.39, 0.29) is 0 Å². The van der Waals surface area contributed by atoms with E-state index < -0.39 is 0 Å². The lowest BCUT2D eigenvalue weighted by atomic mass is 9.81. The minimum absolute atomic E-state index is 0.381. The van der Waals surface area contributed by atoms with E-state index >= 15 is 0 Å². The molecule has 3 heteroatoms. The third kappa shape index (κ3) is 1.80. The van der Waals surface area contributed by atoms with Crippen LogP contribution in [0.3, 0.4) is 0 Å². The Morgan fingerprint density at radius 1 is 1.28 bits per heavy atom. The van der Waals surface area contributed by atoms with Crippen LogP contribution >= 0.6 is 0 Å². The summed E-state index contributed by atoms with van der Waals surface area (Å²) in [5, 5.41) is 4.24. The van der Waals surface area contributed by atoms with E-state index in [2.05, 4.69) is 34.3 Å². The molecule has 18 heavy (non-hydrogen) atoms. The Bertz CT molecular complexity index is 545. The summed E-state index contributed by atoms with van der Waals surface area (Å²) in [6.45, 7) is 0. The summed E-state index contributed by atoms with van der Waals surface area (Å²) in [5.74, 6) is 0.381. The lowest BCUT2D eigenvalue weighted by Crippen LogP contribution is -2.16. The number of hydrogen-bond acceptors (Lipinski definition) is 3. The number of nitrogens with zero attached hydrogens (tertiary/aromatic N) is 2. The van der Waals surface area contributed by atoms with Crippen LogP contribution in [0.4, 0.5) is 5.69 Å². The molecular weight excluding hydrogens is 224 g/mol. The maximum Gasteiger partial charge on any atom is 0.147 e. The van der Waals surface area contributed by atoms with Gasteiger partial charge in [0, 0.05) is 20.0 Å². The maximum absolute atomic E-state index is 5.18. The molecule has 3 nitrogen and oxygen atoms in total. The van der Waals surface area contributed by atoms with Gasteiger partial charge < -0.3 is 9.42 Å². The zero-order valence-electron chi connectivity index (χ0n) is 10.9. The zero-order valence-corrected chi connectivity index (χ0v) is 10.9. The second kappa shape index (κ2) is 4.48. The molecule has 3 rings (SSSR count). The quantitative estimate of drug-likeness (QED) is 0.809. The van der Waals surface area contributed by atoms with Crippen LogP contribution in [0, 0.1) is 0 Å². The van der Waals surface area contributed by atoms with Crippen molar-refractivity contribution >= 4 is 5.69 Å². The summed E-state index contributed by atoms with van der Waals surface area (Å²) < 4.78 is 5.18. The molecule has 0 saturated heterocycles. The molecule has 0 N–H and O–H groups in total. The fourth-order valence-corrected chi connectivity index (χ4v) is 2.85. The molecule has 94 valence electrons. The summed E-state index contributed by atoms with van der Waals surface area (Å²) in [4.78, 5) is 2.07. The number of anilines is 1. The number of aromatic nitrogens is 1. The third-order valence-electron chi connectivity index (χ3n) is 3.76. The minimum Gasteiger partial charge on any atom is -0.373 e. The van der Waals surface area contributed by atoms with Gasteiger partial charge in [0.25, 0.3) is 0 Å². The summed E-state index contributed by atoms with van der Waals surface area (Å²) >= 11 is 0. The van der Waals surface area contributed by atoms with Crippen molar-refractivity contribution in [2.75, 3.05) is 19.0 Å². The number of rotatable bonds is 2. The van der Waals surface area contributed by atoms with E-state index in [0.29, 0.717) is 5.92 Å². The Morgan fingerprint density at radius 3 is 2.94 bits per heavy atom. The summed E-state index contributed by atoms with van der Waals surface area (Å²) in [6, 6.07) is 8.70. The Hall–Kier alpha value is -1.77. The molecule has 1 heterocycles. The summed E-state index contributed by atoms with van der Waals surface area (Å²) in [5.41, 5.74) is 5.05. The minimum atomic E-state index is 0.381. The highest BCUT2D eigenvalue weighted by atomic mass is 16.5. The van der Waals surface area contributed by atoms with E-state index in [9.17, 15) is 0 Å². The highest BCUT2D eigenvalue weighted by Crippen LogP contribution is 2.39. The molecule has 1 unspecified atom stereocenters. The first-order chi connectivity index (χ1) is 8.77. The number of fused-ring (bicyclic) bond motifs is 1. The van der Waals surface area contributed by atoms with Crippen LogP contribution in [0.2, 0.25) is 0 Å². The highest BCUT2D eigenvalue weighted by Gasteiger charge is 2.26. The van der Waals surface area contributed by atoms with Gasteiger partial charge >= 0.3 is 0 Å². The Labute approximate surface area is 107 Å². The maximum atomic E-state index is 5.18. The molecule has 0 spiro atoms. The van der Waals surface area contributed by atoms with E-state index in [1.807, 2.05) is 14.1 Å². The summed E-state index contributed by atoms with van der Waals surface area (Å²) in [7, 11) is 4.07. The van der Waals surface area contributed by atoms with E-state index in [0.717, 1.165) is 17.8 Å². The van der Waals surface area contributed by atoms with Gasteiger partial charge in [-0.3, -0.25) is 0 Å². The van der Waals surface area contributed by atoms with Crippen LogP contribution < -0.4 is 4.90 Å². The van der Waals surface area contributed by atoms with Crippen molar-refractivity contribution < 1.29 is 4.52 Å². The molecule has 1 aliphatic carbocycles.